The van der Waals surface area contributed by atoms with E-state index >= 15 is 0 Å². The number of hydrogen-bond donors (Lipinski definition) is 0. The maximum absolute atomic E-state index is 2.50. The van der Waals surface area contributed by atoms with E-state index in [1.165, 1.54) is 19.3 Å². The molecule has 2 rings (SSSR count). The van der Waals surface area contributed by atoms with Crippen LogP contribution in [-0.2, 0) is 0 Å². The van der Waals surface area contributed by atoms with Gasteiger partial charge in [0.25, 0.3) is 0 Å². The SMILES string of the molecule is C[C@H]1C[C@H]2CC[C@@]1(C)C2(C)C. The summed E-state index contributed by atoms with van der Waals surface area (Å²) in [7, 11) is 0. The fourth-order valence-electron chi connectivity index (χ4n) is 3.60. The first-order valence-electron chi connectivity index (χ1n) is 4.98. The molecule has 2 bridgehead atoms. The summed E-state index contributed by atoms with van der Waals surface area (Å²) in [6.07, 6.45) is 4.46. The third kappa shape index (κ3) is 0.666. The Hall–Kier alpha value is 0. The normalized spacial score (nSPS) is 53.5. The molecule has 0 radical (unpaired) electrons. The largest absolute Gasteiger partial charge is 0.0620 e. The lowest BCUT2D eigenvalue weighted by Crippen LogP contribution is -2.30. The van der Waals surface area contributed by atoms with Crippen LogP contribution < -0.4 is 0 Å². The summed E-state index contributed by atoms with van der Waals surface area (Å²) in [4.78, 5) is 0. The van der Waals surface area contributed by atoms with Gasteiger partial charge in [-0.15, -0.1) is 0 Å². The molecule has 0 aromatic carbocycles. The highest BCUT2D eigenvalue weighted by atomic mass is 14.6. The molecule has 0 spiro atoms. The highest BCUT2D eigenvalue weighted by Gasteiger charge is 2.59. The van der Waals surface area contributed by atoms with E-state index in [4.69, 9.17) is 0 Å². The molecule has 2 aliphatic rings. The molecule has 0 heterocycles. The molecule has 0 saturated heterocycles. The minimum absolute atomic E-state index is 0.631. The van der Waals surface area contributed by atoms with Gasteiger partial charge in [-0.05, 0) is 41.9 Å². The molecular weight excluding hydrogens is 132 g/mol. The lowest BCUT2D eigenvalue weighted by Gasteiger charge is -2.37. The third-order valence-corrected chi connectivity index (χ3v) is 5.23. The second kappa shape index (κ2) is 1.84. The molecule has 0 unspecified atom stereocenters. The Morgan fingerprint density at radius 3 is 2.00 bits per heavy atom. The fourth-order valence-corrected chi connectivity index (χ4v) is 3.60. The van der Waals surface area contributed by atoms with Gasteiger partial charge in [0.15, 0.2) is 0 Å². The molecule has 0 aliphatic heterocycles. The second-order valence-electron chi connectivity index (χ2n) is 5.51. The maximum Gasteiger partial charge on any atom is -0.0246 e. The zero-order valence-electron chi connectivity index (χ0n) is 8.28. The first-order chi connectivity index (χ1) is 4.98. The van der Waals surface area contributed by atoms with E-state index in [-0.39, 0.29) is 0 Å². The highest BCUT2D eigenvalue weighted by molar-refractivity contribution is 5.08. The van der Waals surface area contributed by atoms with Crippen LogP contribution in [0.25, 0.3) is 0 Å². The number of hydrogen-bond acceptors (Lipinski definition) is 0. The second-order valence-corrected chi connectivity index (χ2v) is 5.51. The quantitative estimate of drug-likeness (QED) is 0.498. The molecular formula is C11H20. The Kier molecular flexibility index (Phi) is 1.28. The number of rotatable bonds is 0. The maximum atomic E-state index is 2.50. The van der Waals surface area contributed by atoms with E-state index in [0.29, 0.717) is 10.8 Å². The van der Waals surface area contributed by atoms with Crippen molar-refractivity contribution in [2.45, 2.75) is 47.0 Å². The van der Waals surface area contributed by atoms with Crippen molar-refractivity contribution in [3.05, 3.63) is 0 Å². The molecule has 11 heavy (non-hydrogen) atoms. The van der Waals surface area contributed by atoms with E-state index in [9.17, 15) is 0 Å². The molecule has 0 aromatic rings. The van der Waals surface area contributed by atoms with Gasteiger partial charge in [-0.25, -0.2) is 0 Å². The van der Waals surface area contributed by atoms with E-state index in [0.717, 1.165) is 11.8 Å². The van der Waals surface area contributed by atoms with Crippen molar-refractivity contribution >= 4 is 0 Å². The van der Waals surface area contributed by atoms with Gasteiger partial charge in [0.2, 0.25) is 0 Å². The van der Waals surface area contributed by atoms with Crippen molar-refractivity contribution in [2.24, 2.45) is 22.7 Å². The third-order valence-electron chi connectivity index (χ3n) is 5.23. The van der Waals surface area contributed by atoms with Crippen LogP contribution in [0.4, 0.5) is 0 Å². The van der Waals surface area contributed by atoms with Gasteiger partial charge in [-0.3, -0.25) is 0 Å². The average Bonchev–Trinajstić information content (AvgIpc) is 2.20. The van der Waals surface area contributed by atoms with Crippen molar-refractivity contribution in [1.29, 1.82) is 0 Å². The summed E-state index contributed by atoms with van der Waals surface area (Å²) in [5.41, 5.74) is 1.30. The monoisotopic (exact) mass is 152 g/mol. The van der Waals surface area contributed by atoms with E-state index in [1.54, 1.807) is 0 Å². The Morgan fingerprint density at radius 2 is 1.82 bits per heavy atom. The zero-order valence-corrected chi connectivity index (χ0v) is 8.28. The van der Waals surface area contributed by atoms with Crippen LogP contribution in [0.2, 0.25) is 0 Å². The van der Waals surface area contributed by atoms with Gasteiger partial charge in [0, 0.05) is 0 Å². The molecule has 2 fully saturated rings. The summed E-state index contributed by atoms with van der Waals surface area (Å²) in [6.45, 7) is 9.91. The minimum atomic E-state index is 0.631. The van der Waals surface area contributed by atoms with Gasteiger partial charge < -0.3 is 0 Å². The van der Waals surface area contributed by atoms with Crippen LogP contribution in [0.15, 0.2) is 0 Å². The van der Waals surface area contributed by atoms with Crippen LogP contribution in [0.1, 0.15) is 47.0 Å². The average molecular weight is 152 g/mol. The predicted molar refractivity (Wildman–Crippen MR) is 48.4 cm³/mol. The Bertz CT molecular complexity index is 180. The zero-order chi connectivity index (χ0) is 8.28. The molecule has 0 aromatic heterocycles. The molecule has 3 atom stereocenters. The fraction of sp³-hybridized carbons (Fsp3) is 1.00. The Morgan fingerprint density at radius 1 is 1.18 bits per heavy atom. The first kappa shape index (κ1) is 7.64. The van der Waals surface area contributed by atoms with Crippen LogP contribution >= 0.6 is 0 Å². The van der Waals surface area contributed by atoms with Crippen molar-refractivity contribution in [1.82, 2.24) is 0 Å². The molecule has 64 valence electrons. The van der Waals surface area contributed by atoms with E-state index in [2.05, 4.69) is 27.7 Å². The Balaban J connectivity index is 2.40. The van der Waals surface area contributed by atoms with Gasteiger partial charge in [-0.1, -0.05) is 27.7 Å². The van der Waals surface area contributed by atoms with Crippen LogP contribution in [-0.4, -0.2) is 0 Å². The lowest BCUT2D eigenvalue weighted by atomic mass is 9.67. The van der Waals surface area contributed by atoms with Crippen molar-refractivity contribution < 1.29 is 0 Å². The van der Waals surface area contributed by atoms with Gasteiger partial charge in [0.05, 0.1) is 0 Å². The molecule has 0 N–H and O–H groups in total. The van der Waals surface area contributed by atoms with Crippen molar-refractivity contribution in [3.8, 4) is 0 Å². The van der Waals surface area contributed by atoms with Crippen molar-refractivity contribution in [2.75, 3.05) is 0 Å². The summed E-state index contributed by atoms with van der Waals surface area (Å²) >= 11 is 0. The van der Waals surface area contributed by atoms with Crippen LogP contribution in [0.5, 0.6) is 0 Å². The summed E-state index contributed by atoms with van der Waals surface area (Å²) in [5, 5.41) is 0. The topological polar surface area (TPSA) is 0 Å². The summed E-state index contributed by atoms with van der Waals surface area (Å²) in [5.74, 6) is 2.00. The standard InChI is InChI=1S/C11H20/c1-8-7-9-5-6-11(8,4)10(9,2)3/h8-9H,5-7H2,1-4H3/t8-,9+,11+/m0/s1. The summed E-state index contributed by atoms with van der Waals surface area (Å²) < 4.78 is 0. The first-order valence-corrected chi connectivity index (χ1v) is 4.98. The lowest BCUT2D eigenvalue weighted by molar-refractivity contribution is 0.112. The van der Waals surface area contributed by atoms with E-state index in [1.807, 2.05) is 0 Å². The predicted octanol–water partition coefficient (Wildman–Crippen LogP) is 3.47. The molecule has 0 heteroatoms. The summed E-state index contributed by atoms with van der Waals surface area (Å²) in [6, 6.07) is 0. The van der Waals surface area contributed by atoms with Crippen LogP contribution in [0, 0.1) is 22.7 Å². The molecule has 2 saturated carbocycles. The molecule has 2 aliphatic carbocycles. The van der Waals surface area contributed by atoms with Gasteiger partial charge >= 0.3 is 0 Å². The smallest absolute Gasteiger partial charge is 0.0246 e. The highest BCUT2D eigenvalue weighted by Crippen LogP contribution is 2.67. The van der Waals surface area contributed by atoms with Gasteiger partial charge in [-0.2, -0.15) is 0 Å². The van der Waals surface area contributed by atoms with Crippen molar-refractivity contribution in [3.63, 3.8) is 0 Å². The van der Waals surface area contributed by atoms with Gasteiger partial charge in [0.1, 0.15) is 0 Å². The number of fused-ring (bicyclic) bond motifs is 2. The Labute approximate surface area is 70.4 Å². The van der Waals surface area contributed by atoms with Crippen LogP contribution in [0.3, 0.4) is 0 Å². The molecule has 0 nitrogen and oxygen atoms in total. The minimum Gasteiger partial charge on any atom is -0.0620 e. The van der Waals surface area contributed by atoms with E-state index < -0.39 is 0 Å². The molecule has 0 amide bonds.